The molecule has 26 heavy (non-hydrogen) atoms. The number of methoxy groups -OCH3 is 1. The van der Waals surface area contributed by atoms with Crippen molar-refractivity contribution in [2.24, 2.45) is 40.4 Å². The lowest BCUT2D eigenvalue weighted by atomic mass is 9.43. The number of carbonyl (C=O) groups excluding carboxylic acids is 1. The van der Waals surface area contributed by atoms with Crippen LogP contribution in [0.2, 0.25) is 0 Å². The predicted octanol–water partition coefficient (Wildman–Crippen LogP) is 2.12. The third-order valence-electron chi connectivity index (χ3n) is 9.22. The van der Waals surface area contributed by atoms with Gasteiger partial charge in [-0.2, -0.15) is 0 Å². The van der Waals surface area contributed by atoms with E-state index in [0.29, 0.717) is 11.8 Å². The fraction of sp³-hybridized carbons (Fsp3) is 0.952. The first-order chi connectivity index (χ1) is 12.2. The number of aliphatic hydroxyl groups excluding tert-OH is 3. The molecule has 4 rings (SSSR count). The van der Waals surface area contributed by atoms with Crippen molar-refractivity contribution in [3.63, 3.8) is 0 Å². The van der Waals surface area contributed by atoms with Gasteiger partial charge >= 0.3 is 5.97 Å². The third-order valence-corrected chi connectivity index (χ3v) is 9.22. The van der Waals surface area contributed by atoms with Gasteiger partial charge in [-0.25, -0.2) is 0 Å². The summed E-state index contributed by atoms with van der Waals surface area (Å²) < 4.78 is 5.03. The molecule has 3 N–H and O–H groups in total. The largest absolute Gasteiger partial charge is 0.469 e. The molecule has 4 aliphatic carbocycles. The van der Waals surface area contributed by atoms with Crippen LogP contribution in [0.3, 0.4) is 0 Å². The van der Waals surface area contributed by atoms with E-state index in [1.165, 1.54) is 7.11 Å². The molecule has 5 heteroatoms. The average Bonchev–Trinajstić information content (AvgIpc) is 2.97. The highest BCUT2D eigenvalue weighted by atomic mass is 16.5. The van der Waals surface area contributed by atoms with E-state index < -0.39 is 17.6 Å². The van der Waals surface area contributed by atoms with Gasteiger partial charge in [0.15, 0.2) is 0 Å². The Morgan fingerprint density at radius 3 is 2.46 bits per heavy atom. The van der Waals surface area contributed by atoms with Crippen molar-refractivity contribution >= 4 is 5.97 Å². The summed E-state index contributed by atoms with van der Waals surface area (Å²) in [7, 11) is 1.41. The molecule has 0 aromatic heterocycles. The molecule has 0 bridgehead atoms. The predicted molar refractivity (Wildman–Crippen MR) is 96.0 cm³/mol. The van der Waals surface area contributed by atoms with Gasteiger partial charge in [-0.05, 0) is 74.0 Å². The van der Waals surface area contributed by atoms with Gasteiger partial charge in [0.1, 0.15) is 0 Å². The number of hydrogen-bond donors (Lipinski definition) is 3. The maximum Gasteiger partial charge on any atom is 0.309 e. The van der Waals surface area contributed by atoms with E-state index in [9.17, 15) is 20.1 Å². The maximum atomic E-state index is 12.4. The van der Waals surface area contributed by atoms with Gasteiger partial charge in [-0.15, -0.1) is 0 Å². The number of carbonyl (C=O) groups is 1. The van der Waals surface area contributed by atoms with Crippen molar-refractivity contribution in [2.45, 2.75) is 77.1 Å². The van der Waals surface area contributed by atoms with Gasteiger partial charge in [-0.3, -0.25) is 4.79 Å². The molecule has 4 aliphatic rings. The Morgan fingerprint density at radius 1 is 1.04 bits per heavy atom. The Hall–Kier alpha value is -0.650. The molecule has 148 valence electrons. The summed E-state index contributed by atoms with van der Waals surface area (Å²) in [5.74, 6) is 0.473. The van der Waals surface area contributed by atoms with E-state index in [4.69, 9.17) is 4.74 Å². The van der Waals surface area contributed by atoms with Crippen LogP contribution in [0.5, 0.6) is 0 Å². The highest BCUT2D eigenvalue weighted by Crippen LogP contribution is 2.67. The second-order valence-electron chi connectivity index (χ2n) is 9.96. The maximum absolute atomic E-state index is 12.4. The standard InChI is InChI=1S/C21H34O5/c1-20-9-8-12(22)10-11(20)4-5-13-14-6-7-15(19(25)26-3)21(14,2)18(24)17(23)16(13)20/h11-18,22-24H,4-10H2,1-3H3/t11-,12-,13-,14-,15+,16+,17-,18+,20-,21-/m0/s1. The normalized spacial score (nSPS) is 56.2. The molecule has 0 radical (unpaired) electrons. The van der Waals surface area contributed by atoms with E-state index in [1.807, 2.05) is 6.92 Å². The van der Waals surface area contributed by atoms with Crippen LogP contribution in [0, 0.1) is 40.4 Å². The topological polar surface area (TPSA) is 87.0 Å². The molecule has 0 heterocycles. The average molecular weight is 366 g/mol. The first kappa shape index (κ1) is 18.7. The number of ether oxygens (including phenoxy) is 1. The van der Waals surface area contributed by atoms with Crippen molar-refractivity contribution in [2.75, 3.05) is 7.11 Å². The van der Waals surface area contributed by atoms with Crippen LogP contribution in [0.15, 0.2) is 0 Å². The fourth-order valence-electron chi connectivity index (χ4n) is 7.85. The highest BCUT2D eigenvalue weighted by molar-refractivity contribution is 5.74. The van der Waals surface area contributed by atoms with Gasteiger partial charge in [0.25, 0.3) is 0 Å². The summed E-state index contributed by atoms with van der Waals surface area (Å²) in [6, 6.07) is 0. The lowest BCUT2D eigenvalue weighted by Gasteiger charge is -2.63. The molecule has 0 amide bonds. The zero-order valence-electron chi connectivity index (χ0n) is 16.2. The second-order valence-corrected chi connectivity index (χ2v) is 9.96. The molecule has 5 nitrogen and oxygen atoms in total. The summed E-state index contributed by atoms with van der Waals surface area (Å²) in [6.45, 7) is 4.27. The summed E-state index contributed by atoms with van der Waals surface area (Å²) >= 11 is 0. The Balaban J connectivity index is 1.70. The van der Waals surface area contributed by atoms with Crippen molar-refractivity contribution in [1.82, 2.24) is 0 Å². The fourth-order valence-corrected chi connectivity index (χ4v) is 7.85. The molecule has 0 aromatic rings. The molecule has 0 aliphatic heterocycles. The molecule has 0 saturated heterocycles. The lowest BCUT2D eigenvalue weighted by molar-refractivity contribution is -0.230. The van der Waals surface area contributed by atoms with Crippen molar-refractivity contribution in [3.05, 3.63) is 0 Å². The zero-order chi connectivity index (χ0) is 18.9. The van der Waals surface area contributed by atoms with E-state index in [0.717, 1.165) is 44.9 Å². The number of rotatable bonds is 1. The SMILES string of the molecule is COC(=O)[C@H]1CC[C@H]2[C@@H]3CC[C@H]4C[C@@H](O)CC[C@]4(C)[C@H]3[C@H](O)[C@@H](O)[C@]12C. The summed E-state index contributed by atoms with van der Waals surface area (Å²) in [6.07, 6.45) is 4.33. The van der Waals surface area contributed by atoms with E-state index in [1.54, 1.807) is 0 Å². The molecular weight excluding hydrogens is 332 g/mol. The number of aliphatic hydroxyl groups is 3. The third kappa shape index (κ3) is 2.29. The Morgan fingerprint density at radius 2 is 1.77 bits per heavy atom. The lowest BCUT2D eigenvalue weighted by Crippen LogP contribution is -2.65. The Bertz CT molecular complexity index is 579. The van der Waals surface area contributed by atoms with Crippen LogP contribution in [-0.4, -0.2) is 46.7 Å². The van der Waals surface area contributed by atoms with Crippen LogP contribution in [0.25, 0.3) is 0 Å². The van der Waals surface area contributed by atoms with Crippen LogP contribution in [0.1, 0.15) is 58.8 Å². The summed E-state index contributed by atoms with van der Waals surface area (Å²) in [5, 5.41) is 32.6. The van der Waals surface area contributed by atoms with Gasteiger partial charge in [0.05, 0.1) is 31.3 Å². The first-order valence-corrected chi connectivity index (χ1v) is 10.4. The second kappa shape index (κ2) is 6.18. The summed E-state index contributed by atoms with van der Waals surface area (Å²) in [4.78, 5) is 12.4. The van der Waals surface area contributed by atoms with Crippen molar-refractivity contribution < 1.29 is 24.9 Å². The Kier molecular flexibility index (Phi) is 4.44. The number of fused-ring (bicyclic) bond motifs is 5. The molecule has 4 fully saturated rings. The minimum absolute atomic E-state index is 0.0345. The monoisotopic (exact) mass is 366 g/mol. The van der Waals surface area contributed by atoms with E-state index in [-0.39, 0.29) is 35.2 Å². The molecule has 4 saturated carbocycles. The minimum Gasteiger partial charge on any atom is -0.469 e. The molecular formula is C21H34O5. The minimum atomic E-state index is -0.900. The van der Waals surface area contributed by atoms with Gasteiger partial charge in [-0.1, -0.05) is 13.8 Å². The van der Waals surface area contributed by atoms with Crippen LogP contribution in [0.4, 0.5) is 0 Å². The van der Waals surface area contributed by atoms with Crippen molar-refractivity contribution in [3.8, 4) is 0 Å². The van der Waals surface area contributed by atoms with Crippen LogP contribution in [-0.2, 0) is 9.53 Å². The Labute approximate surface area is 156 Å². The molecule has 0 aromatic carbocycles. The molecule has 10 atom stereocenters. The van der Waals surface area contributed by atoms with Gasteiger partial charge in [0.2, 0.25) is 0 Å². The zero-order valence-corrected chi connectivity index (χ0v) is 16.2. The number of esters is 1. The van der Waals surface area contributed by atoms with E-state index in [2.05, 4.69) is 6.92 Å². The van der Waals surface area contributed by atoms with E-state index >= 15 is 0 Å². The number of hydrogen-bond acceptors (Lipinski definition) is 5. The van der Waals surface area contributed by atoms with Gasteiger partial charge in [0, 0.05) is 5.41 Å². The quantitative estimate of drug-likeness (QED) is 0.619. The van der Waals surface area contributed by atoms with Gasteiger partial charge < -0.3 is 20.1 Å². The smallest absolute Gasteiger partial charge is 0.309 e. The molecule has 0 spiro atoms. The van der Waals surface area contributed by atoms with Crippen LogP contribution >= 0.6 is 0 Å². The highest BCUT2D eigenvalue weighted by Gasteiger charge is 2.67. The van der Waals surface area contributed by atoms with Crippen molar-refractivity contribution in [1.29, 1.82) is 0 Å². The first-order valence-electron chi connectivity index (χ1n) is 10.4. The van der Waals surface area contributed by atoms with Crippen LogP contribution < -0.4 is 0 Å². The summed E-state index contributed by atoms with van der Waals surface area (Å²) in [5.41, 5.74) is -0.641. The molecule has 0 unspecified atom stereocenters.